The average molecular weight is 461 g/mol. The average Bonchev–Trinajstić information content (AvgIpc) is 2.94. The molecule has 0 saturated heterocycles. The Balaban J connectivity index is 1.39. The normalized spacial score (nSPS) is 16.8. The third kappa shape index (κ3) is 2.41. The molecule has 0 fully saturated rings. The Morgan fingerprint density at radius 3 is 2.03 bits per heavy atom. The molecule has 1 atom stereocenters. The van der Waals surface area contributed by atoms with E-state index in [9.17, 15) is 9.59 Å². The van der Waals surface area contributed by atoms with Crippen molar-refractivity contribution in [2.24, 2.45) is 0 Å². The van der Waals surface area contributed by atoms with E-state index in [-0.39, 0.29) is 17.5 Å². The maximum absolute atomic E-state index is 13.4. The summed E-state index contributed by atoms with van der Waals surface area (Å²) in [4.78, 5) is 26.8. The monoisotopic (exact) mass is 460 g/mol. The number of allylic oxidation sites excluding steroid dienone is 1. The predicted molar refractivity (Wildman–Crippen MR) is 143 cm³/mol. The second-order valence-electron chi connectivity index (χ2n) is 9.85. The molecule has 36 heavy (non-hydrogen) atoms. The van der Waals surface area contributed by atoms with Crippen molar-refractivity contribution in [2.75, 3.05) is 0 Å². The standard InChI is InChI=1S/C34H20O2/c35-33-27-9-3-1-7-19(27)25-17-15-21(23-11-5-13-29(33)31(23)25)22-16-18-26-20-8-2-4-10-28(20)34(36)30-14-6-12-24(22)32(26)30/h1-17,26H,18H2/t26-/m1/s1. The fourth-order valence-corrected chi connectivity index (χ4v) is 6.64. The lowest BCUT2D eigenvalue weighted by molar-refractivity contribution is 0.102. The highest BCUT2D eigenvalue weighted by Gasteiger charge is 2.35. The van der Waals surface area contributed by atoms with Gasteiger partial charge in [-0.15, -0.1) is 0 Å². The van der Waals surface area contributed by atoms with Crippen LogP contribution in [0.3, 0.4) is 0 Å². The van der Waals surface area contributed by atoms with Crippen LogP contribution in [-0.2, 0) is 0 Å². The summed E-state index contributed by atoms with van der Waals surface area (Å²) in [6.45, 7) is 0. The Labute approximate surface area is 208 Å². The van der Waals surface area contributed by atoms with Gasteiger partial charge in [0.15, 0.2) is 11.6 Å². The van der Waals surface area contributed by atoms with Gasteiger partial charge in [0.1, 0.15) is 0 Å². The van der Waals surface area contributed by atoms with Crippen LogP contribution < -0.4 is 0 Å². The molecule has 0 unspecified atom stereocenters. The number of rotatable bonds is 1. The van der Waals surface area contributed by atoms with Crippen molar-refractivity contribution in [3.05, 3.63) is 148 Å². The Hall–Kier alpha value is -4.56. The molecule has 0 radical (unpaired) electrons. The smallest absolute Gasteiger partial charge is 0.194 e. The molecule has 0 N–H and O–H groups in total. The van der Waals surface area contributed by atoms with Gasteiger partial charge in [-0.25, -0.2) is 0 Å². The van der Waals surface area contributed by atoms with E-state index in [2.05, 4.69) is 36.4 Å². The summed E-state index contributed by atoms with van der Waals surface area (Å²) in [5, 5.41) is 2.10. The number of fused-ring (bicyclic) bond motifs is 4. The minimum Gasteiger partial charge on any atom is -0.289 e. The first kappa shape index (κ1) is 19.7. The van der Waals surface area contributed by atoms with Gasteiger partial charge in [0.2, 0.25) is 0 Å². The number of carbonyl (C=O) groups excluding carboxylic acids is 2. The first-order chi connectivity index (χ1) is 17.7. The van der Waals surface area contributed by atoms with Crippen LogP contribution in [0.4, 0.5) is 0 Å². The first-order valence-corrected chi connectivity index (χ1v) is 12.4. The molecule has 2 heteroatoms. The summed E-state index contributed by atoms with van der Waals surface area (Å²) in [6, 6.07) is 32.4. The minimum atomic E-state index is 0.0813. The zero-order valence-electron chi connectivity index (χ0n) is 19.4. The van der Waals surface area contributed by atoms with E-state index < -0.39 is 0 Å². The molecule has 8 rings (SSSR count). The Morgan fingerprint density at radius 2 is 1.14 bits per heavy atom. The zero-order chi connectivity index (χ0) is 24.0. The van der Waals surface area contributed by atoms with Gasteiger partial charge in [-0.2, -0.15) is 0 Å². The fourth-order valence-electron chi connectivity index (χ4n) is 6.64. The van der Waals surface area contributed by atoms with Crippen molar-refractivity contribution >= 4 is 27.9 Å². The van der Waals surface area contributed by atoms with Crippen LogP contribution in [0.25, 0.3) is 27.5 Å². The van der Waals surface area contributed by atoms with Crippen LogP contribution in [0.2, 0.25) is 0 Å². The van der Waals surface area contributed by atoms with Crippen molar-refractivity contribution in [3.8, 4) is 11.1 Å². The third-order valence-electron chi connectivity index (χ3n) is 8.17. The van der Waals surface area contributed by atoms with Crippen molar-refractivity contribution < 1.29 is 9.59 Å². The summed E-state index contributed by atoms with van der Waals surface area (Å²) in [5.74, 6) is 0.374. The Bertz CT molecular complexity index is 1850. The molecule has 0 saturated carbocycles. The van der Waals surface area contributed by atoms with E-state index in [1.807, 2.05) is 66.7 Å². The van der Waals surface area contributed by atoms with Gasteiger partial charge >= 0.3 is 0 Å². The number of hydrogen-bond acceptors (Lipinski definition) is 2. The highest BCUT2D eigenvalue weighted by Crippen LogP contribution is 2.49. The lowest BCUT2D eigenvalue weighted by Crippen LogP contribution is -2.23. The van der Waals surface area contributed by atoms with Crippen LogP contribution in [-0.4, -0.2) is 11.6 Å². The summed E-state index contributed by atoms with van der Waals surface area (Å²) >= 11 is 0. The van der Waals surface area contributed by atoms with Crippen molar-refractivity contribution in [2.45, 2.75) is 12.3 Å². The fraction of sp³-hybridized carbons (Fsp3) is 0.0588. The lowest BCUT2D eigenvalue weighted by atomic mass is 9.69. The highest BCUT2D eigenvalue weighted by molar-refractivity contribution is 6.27. The number of ketones is 2. The second-order valence-corrected chi connectivity index (χ2v) is 9.85. The third-order valence-corrected chi connectivity index (χ3v) is 8.17. The molecule has 0 bridgehead atoms. The van der Waals surface area contributed by atoms with Gasteiger partial charge < -0.3 is 0 Å². The van der Waals surface area contributed by atoms with Crippen LogP contribution in [0.5, 0.6) is 0 Å². The molecule has 5 aromatic carbocycles. The molecule has 0 aromatic heterocycles. The number of benzene rings is 5. The molecular formula is C34H20O2. The minimum absolute atomic E-state index is 0.0813. The van der Waals surface area contributed by atoms with E-state index in [0.717, 1.165) is 78.4 Å². The molecule has 0 amide bonds. The predicted octanol–water partition coefficient (Wildman–Crippen LogP) is 7.56. The Kier molecular flexibility index (Phi) is 3.83. The molecule has 0 spiro atoms. The molecule has 3 aliphatic rings. The van der Waals surface area contributed by atoms with Gasteiger partial charge in [-0.1, -0.05) is 103 Å². The van der Waals surface area contributed by atoms with Gasteiger partial charge in [0.25, 0.3) is 0 Å². The van der Waals surface area contributed by atoms with Crippen LogP contribution in [0.1, 0.15) is 66.4 Å². The van der Waals surface area contributed by atoms with Gasteiger partial charge in [0, 0.05) is 33.6 Å². The lowest BCUT2D eigenvalue weighted by Gasteiger charge is -2.33. The summed E-state index contributed by atoms with van der Waals surface area (Å²) in [5.41, 5.74) is 10.9. The molecular weight excluding hydrogens is 440 g/mol. The molecule has 0 aliphatic heterocycles. The topological polar surface area (TPSA) is 34.1 Å². The second kappa shape index (κ2) is 6.99. The van der Waals surface area contributed by atoms with Crippen molar-refractivity contribution in [1.82, 2.24) is 0 Å². The largest absolute Gasteiger partial charge is 0.289 e. The molecule has 2 nitrogen and oxygen atoms in total. The SMILES string of the molecule is O=C1c2ccccc2[C@H]2CC=C(c3ccc4c5c(cccc35)C(=O)c3ccccc3-4)c3cccc1c32. The maximum atomic E-state index is 13.4. The molecule has 168 valence electrons. The van der Waals surface area contributed by atoms with E-state index in [1.54, 1.807) is 0 Å². The Morgan fingerprint density at radius 1 is 0.500 bits per heavy atom. The quantitative estimate of drug-likeness (QED) is 0.254. The number of hydrogen-bond donors (Lipinski definition) is 0. The molecule has 5 aromatic rings. The molecule has 3 aliphatic carbocycles. The van der Waals surface area contributed by atoms with Crippen LogP contribution >= 0.6 is 0 Å². The van der Waals surface area contributed by atoms with E-state index in [1.165, 1.54) is 0 Å². The van der Waals surface area contributed by atoms with Crippen molar-refractivity contribution in [1.29, 1.82) is 0 Å². The van der Waals surface area contributed by atoms with E-state index in [0.29, 0.717) is 0 Å². The van der Waals surface area contributed by atoms with Crippen LogP contribution in [0.15, 0.2) is 103 Å². The van der Waals surface area contributed by atoms with Gasteiger partial charge in [-0.3, -0.25) is 9.59 Å². The summed E-state index contributed by atoms with van der Waals surface area (Å²) in [7, 11) is 0. The summed E-state index contributed by atoms with van der Waals surface area (Å²) < 4.78 is 0. The van der Waals surface area contributed by atoms with Crippen molar-refractivity contribution in [3.63, 3.8) is 0 Å². The highest BCUT2D eigenvalue weighted by atomic mass is 16.1. The summed E-state index contributed by atoms with van der Waals surface area (Å²) in [6.07, 6.45) is 3.17. The van der Waals surface area contributed by atoms with Gasteiger partial charge in [-0.05, 0) is 50.8 Å². The zero-order valence-corrected chi connectivity index (χ0v) is 19.4. The van der Waals surface area contributed by atoms with E-state index in [4.69, 9.17) is 0 Å². The van der Waals surface area contributed by atoms with Crippen LogP contribution in [0, 0.1) is 0 Å². The number of carbonyl (C=O) groups is 2. The maximum Gasteiger partial charge on any atom is 0.194 e. The molecule has 0 heterocycles. The first-order valence-electron chi connectivity index (χ1n) is 12.4. The van der Waals surface area contributed by atoms with Gasteiger partial charge in [0.05, 0.1) is 0 Å². The van der Waals surface area contributed by atoms with E-state index >= 15 is 0 Å².